The molecule has 1 atom stereocenters. The Morgan fingerprint density at radius 1 is 1.19 bits per heavy atom. The fourth-order valence-electron chi connectivity index (χ4n) is 2.85. The van der Waals surface area contributed by atoms with Crippen LogP contribution in [0.5, 0.6) is 0 Å². The van der Waals surface area contributed by atoms with Gasteiger partial charge in [0.25, 0.3) is 15.9 Å². The van der Waals surface area contributed by atoms with E-state index in [0.29, 0.717) is 17.8 Å². The first-order chi connectivity index (χ1) is 12.5. The van der Waals surface area contributed by atoms with Crippen molar-refractivity contribution in [2.24, 2.45) is 0 Å². The third-order valence-corrected chi connectivity index (χ3v) is 6.17. The summed E-state index contributed by atoms with van der Waals surface area (Å²) in [5, 5.41) is 2.81. The Morgan fingerprint density at radius 3 is 2.65 bits per heavy atom. The van der Waals surface area contributed by atoms with Crippen LogP contribution in [0.15, 0.2) is 59.5 Å². The van der Waals surface area contributed by atoms with Crippen LogP contribution in [-0.4, -0.2) is 40.6 Å². The number of carbonyl (C=O) groups is 1. The second kappa shape index (κ2) is 7.88. The van der Waals surface area contributed by atoms with Gasteiger partial charge in [0.1, 0.15) is 0 Å². The molecule has 1 N–H and O–H groups in total. The lowest BCUT2D eigenvalue weighted by atomic mass is 10.2. The van der Waals surface area contributed by atoms with Gasteiger partial charge >= 0.3 is 0 Å². The molecule has 1 aliphatic rings. The Bertz CT molecular complexity index is 862. The molecule has 1 unspecified atom stereocenters. The Labute approximate surface area is 153 Å². The number of ether oxygens (including phenoxy) is 1. The third kappa shape index (κ3) is 4.05. The Balaban J connectivity index is 1.76. The van der Waals surface area contributed by atoms with Crippen molar-refractivity contribution < 1.29 is 17.9 Å². The monoisotopic (exact) mass is 374 g/mol. The van der Waals surface area contributed by atoms with E-state index in [1.165, 1.54) is 23.5 Å². The van der Waals surface area contributed by atoms with Crippen LogP contribution in [-0.2, 0) is 14.8 Å². The number of benzene rings is 2. The van der Waals surface area contributed by atoms with E-state index < -0.39 is 10.0 Å². The molecule has 1 amide bonds. The van der Waals surface area contributed by atoms with Gasteiger partial charge in [-0.1, -0.05) is 24.3 Å². The van der Waals surface area contributed by atoms with E-state index in [2.05, 4.69) is 5.32 Å². The molecule has 1 fully saturated rings. The maximum absolute atomic E-state index is 12.8. The van der Waals surface area contributed by atoms with Crippen molar-refractivity contribution >= 4 is 21.6 Å². The number of rotatable bonds is 6. The average molecular weight is 374 g/mol. The van der Waals surface area contributed by atoms with Crippen LogP contribution in [0, 0.1) is 0 Å². The first-order valence-electron chi connectivity index (χ1n) is 8.52. The number of anilines is 1. The molecule has 6 nitrogen and oxygen atoms in total. The van der Waals surface area contributed by atoms with Gasteiger partial charge < -0.3 is 10.1 Å². The average Bonchev–Trinajstić information content (AvgIpc) is 3.20. The van der Waals surface area contributed by atoms with Gasteiger partial charge in [0.05, 0.1) is 16.7 Å². The number of para-hydroxylation sites is 1. The molecule has 2 aromatic rings. The lowest BCUT2D eigenvalue weighted by Gasteiger charge is -2.19. The first-order valence-corrected chi connectivity index (χ1v) is 9.96. The molecule has 0 bridgehead atoms. The molecule has 0 saturated carbocycles. The van der Waals surface area contributed by atoms with Crippen LogP contribution in [0.2, 0.25) is 0 Å². The van der Waals surface area contributed by atoms with Crippen LogP contribution in [0.3, 0.4) is 0 Å². The van der Waals surface area contributed by atoms with Crippen LogP contribution < -0.4 is 9.62 Å². The van der Waals surface area contributed by atoms with E-state index >= 15 is 0 Å². The molecule has 0 radical (unpaired) electrons. The molecule has 1 saturated heterocycles. The number of nitrogens with one attached hydrogen (secondary N) is 1. The second-order valence-corrected chi connectivity index (χ2v) is 8.15. The number of hydrogen-bond donors (Lipinski definition) is 1. The zero-order valence-corrected chi connectivity index (χ0v) is 15.4. The summed E-state index contributed by atoms with van der Waals surface area (Å²) in [6.45, 7) is 1.15. The second-order valence-electron chi connectivity index (χ2n) is 6.18. The van der Waals surface area contributed by atoms with Crippen molar-refractivity contribution in [3.05, 3.63) is 60.2 Å². The molecule has 3 rings (SSSR count). The quantitative estimate of drug-likeness (QED) is 0.843. The van der Waals surface area contributed by atoms with Gasteiger partial charge in [-0.3, -0.25) is 9.10 Å². The summed E-state index contributed by atoms with van der Waals surface area (Å²) in [4.78, 5) is 12.4. The van der Waals surface area contributed by atoms with Crippen molar-refractivity contribution in [2.75, 3.05) is 24.5 Å². The number of sulfonamides is 1. The topological polar surface area (TPSA) is 75.7 Å². The molecule has 26 heavy (non-hydrogen) atoms. The SMILES string of the molecule is CN(c1ccccc1)S(=O)(=O)c1cccc(C(=O)NCC2CCCO2)c1. The fraction of sp³-hybridized carbons (Fsp3) is 0.316. The van der Waals surface area contributed by atoms with Gasteiger partial charge in [-0.2, -0.15) is 0 Å². The maximum atomic E-state index is 12.8. The van der Waals surface area contributed by atoms with Crippen molar-refractivity contribution in [1.29, 1.82) is 0 Å². The Hall–Kier alpha value is -2.38. The van der Waals surface area contributed by atoms with Gasteiger partial charge in [0.15, 0.2) is 0 Å². The molecule has 138 valence electrons. The highest BCUT2D eigenvalue weighted by Crippen LogP contribution is 2.22. The first kappa shape index (κ1) is 18.4. The predicted molar refractivity (Wildman–Crippen MR) is 99.8 cm³/mol. The minimum absolute atomic E-state index is 0.0371. The van der Waals surface area contributed by atoms with E-state index in [4.69, 9.17) is 4.74 Å². The predicted octanol–water partition coefficient (Wildman–Crippen LogP) is 2.42. The van der Waals surface area contributed by atoms with Crippen LogP contribution in [0.1, 0.15) is 23.2 Å². The van der Waals surface area contributed by atoms with Gasteiger partial charge in [0.2, 0.25) is 0 Å². The van der Waals surface area contributed by atoms with Gasteiger partial charge in [-0.05, 0) is 43.2 Å². The van der Waals surface area contributed by atoms with Crippen molar-refractivity contribution in [3.8, 4) is 0 Å². The van der Waals surface area contributed by atoms with Crippen molar-refractivity contribution in [2.45, 2.75) is 23.8 Å². The van der Waals surface area contributed by atoms with Gasteiger partial charge in [-0.15, -0.1) is 0 Å². The maximum Gasteiger partial charge on any atom is 0.264 e. The molecule has 0 spiro atoms. The van der Waals surface area contributed by atoms with E-state index in [0.717, 1.165) is 19.4 Å². The highest BCUT2D eigenvalue weighted by molar-refractivity contribution is 7.92. The number of hydrogen-bond acceptors (Lipinski definition) is 4. The summed E-state index contributed by atoms with van der Waals surface area (Å²) in [6, 6.07) is 14.9. The van der Waals surface area contributed by atoms with E-state index in [1.54, 1.807) is 36.4 Å². The lowest BCUT2D eigenvalue weighted by Crippen LogP contribution is -2.32. The zero-order chi connectivity index (χ0) is 18.6. The third-order valence-electron chi connectivity index (χ3n) is 4.39. The summed E-state index contributed by atoms with van der Waals surface area (Å²) in [6.07, 6.45) is 1.96. The standard InChI is InChI=1S/C19H22N2O4S/c1-21(16-8-3-2-4-9-16)26(23,24)18-11-5-7-15(13-18)19(22)20-14-17-10-6-12-25-17/h2-5,7-9,11,13,17H,6,10,12,14H2,1H3,(H,20,22). The highest BCUT2D eigenvalue weighted by atomic mass is 32.2. The molecule has 0 aromatic heterocycles. The largest absolute Gasteiger partial charge is 0.376 e. The molecule has 0 aliphatic carbocycles. The van der Waals surface area contributed by atoms with Crippen molar-refractivity contribution in [1.82, 2.24) is 5.32 Å². The number of carbonyl (C=O) groups excluding carboxylic acids is 1. The van der Waals surface area contributed by atoms with Crippen molar-refractivity contribution in [3.63, 3.8) is 0 Å². The van der Waals surface area contributed by atoms with E-state index in [-0.39, 0.29) is 16.9 Å². The minimum atomic E-state index is -3.75. The summed E-state index contributed by atoms with van der Waals surface area (Å²) in [5.74, 6) is -0.306. The molecule has 2 aromatic carbocycles. The number of amides is 1. The lowest BCUT2D eigenvalue weighted by molar-refractivity contribution is 0.0857. The summed E-state index contributed by atoms with van der Waals surface area (Å²) in [5.41, 5.74) is 0.867. The summed E-state index contributed by atoms with van der Waals surface area (Å²) >= 11 is 0. The molecule has 1 aliphatic heterocycles. The summed E-state index contributed by atoms with van der Waals surface area (Å²) in [7, 11) is -2.26. The summed E-state index contributed by atoms with van der Waals surface area (Å²) < 4.78 is 32.4. The van der Waals surface area contributed by atoms with Crippen LogP contribution >= 0.6 is 0 Å². The fourth-order valence-corrected chi connectivity index (χ4v) is 4.09. The number of nitrogens with zero attached hydrogens (tertiary/aromatic N) is 1. The highest BCUT2D eigenvalue weighted by Gasteiger charge is 2.23. The molecular formula is C19H22N2O4S. The smallest absolute Gasteiger partial charge is 0.264 e. The molecule has 7 heteroatoms. The Morgan fingerprint density at radius 2 is 1.96 bits per heavy atom. The van der Waals surface area contributed by atoms with Crippen LogP contribution in [0.4, 0.5) is 5.69 Å². The van der Waals surface area contributed by atoms with Gasteiger partial charge in [-0.25, -0.2) is 8.42 Å². The van der Waals surface area contributed by atoms with E-state index in [9.17, 15) is 13.2 Å². The normalized spacial score (nSPS) is 17.0. The minimum Gasteiger partial charge on any atom is -0.376 e. The van der Waals surface area contributed by atoms with E-state index in [1.807, 2.05) is 6.07 Å². The van der Waals surface area contributed by atoms with Gasteiger partial charge in [0, 0.05) is 25.8 Å². The molecular weight excluding hydrogens is 352 g/mol. The Kier molecular flexibility index (Phi) is 5.58. The molecule has 1 heterocycles. The zero-order valence-electron chi connectivity index (χ0n) is 14.6. The van der Waals surface area contributed by atoms with Crippen LogP contribution in [0.25, 0.3) is 0 Å².